The molecular weight excluding hydrogens is 359 g/mol. The normalized spacial score (nSPS) is 12.6. The molecule has 0 spiro atoms. The van der Waals surface area contributed by atoms with E-state index in [-0.39, 0.29) is 28.9 Å². The average Bonchev–Trinajstić information content (AvgIpc) is 2.57. The number of aryl methyl sites for hydroxylation is 1. The van der Waals surface area contributed by atoms with Crippen molar-refractivity contribution in [3.05, 3.63) is 59.4 Å². The second-order valence-electron chi connectivity index (χ2n) is 5.92. The molecule has 8 heteroatoms. The van der Waals surface area contributed by atoms with Gasteiger partial charge in [0.05, 0.1) is 11.5 Å². The highest BCUT2D eigenvalue weighted by Crippen LogP contribution is 2.18. The summed E-state index contributed by atoms with van der Waals surface area (Å²) >= 11 is 0. The van der Waals surface area contributed by atoms with E-state index in [2.05, 4.69) is 10.0 Å². The monoisotopic (exact) mass is 380 g/mol. The Hall–Kier alpha value is -2.29. The summed E-state index contributed by atoms with van der Waals surface area (Å²) < 4.78 is 45.0. The summed E-state index contributed by atoms with van der Waals surface area (Å²) in [4.78, 5) is 12.3. The zero-order valence-corrected chi connectivity index (χ0v) is 15.6. The molecule has 140 valence electrons. The van der Waals surface area contributed by atoms with Crippen LogP contribution in [0.1, 0.15) is 22.8 Å². The number of hydrogen-bond donors (Lipinski definition) is 2. The summed E-state index contributed by atoms with van der Waals surface area (Å²) in [6, 6.07) is 9.22. The molecule has 0 saturated heterocycles. The SMILES string of the molecule is COCC(C)NS(=O)(=O)c1ccc(C(=O)Nc2ccc(F)cc2C)cc1. The second-order valence-corrected chi connectivity index (χ2v) is 7.63. The van der Waals surface area contributed by atoms with Gasteiger partial charge >= 0.3 is 0 Å². The molecule has 0 radical (unpaired) electrons. The summed E-state index contributed by atoms with van der Waals surface area (Å²) in [6.07, 6.45) is 0. The van der Waals surface area contributed by atoms with Crippen molar-refractivity contribution in [2.75, 3.05) is 19.0 Å². The van der Waals surface area contributed by atoms with Crippen molar-refractivity contribution in [3.63, 3.8) is 0 Å². The molecule has 0 aliphatic rings. The highest BCUT2D eigenvalue weighted by Gasteiger charge is 2.18. The first-order chi connectivity index (χ1) is 12.2. The first-order valence-electron chi connectivity index (χ1n) is 7.92. The van der Waals surface area contributed by atoms with E-state index in [9.17, 15) is 17.6 Å². The van der Waals surface area contributed by atoms with Crippen LogP contribution < -0.4 is 10.0 Å². The van der Waals surface area contributed by atoms with E-state index >= 15 is 0 Å². The number of sulfonamides is 1. The third-order valence-corrected chi connectivity index (χ3v) is 5.24. The largest absolute Gasteiger partial charge is 0.383 e. The third kappa shape index (κ3) is 5.10. The highest BCUT2D eigenvalue weighted by atomic mass is 32.2. The number of ether oxygens (including phenoxy) is 1. The lowest BCUT2D eigenvalue weighted by atomic mass is 10.1. The summed E-state index contributed by atoms with van der Waals surface area (Å²) in [6.45, 7) is 3.62. The number of hydrogen-bond acceptors (Lipinski definition) is 4. The predicted octanol–water partition coefficient (Wildman–Crippen LogP) is 2.70. The second kappa shape index (κ2) is 8.39. The van der Waals surface area contributed by atoms with Gasteiger partial charge in [0.2, 0.25) is 10.0 Å². The van der Waals surface area contributed by atoms with Gasteiger partial charge in [-0.05, 0) is 61.9 Å². The van der Waals surface area contributed by atoms with Gasteiger partial charge in [-0.15, -0.1) is 0 Å². The van der Waals surface area contributed by atoms with Gasteiger partial charge < -0.3 is 10.1 Å². The Bertz CT molecular complexity index is 883. The summed E-state index contributed by atoms with van der Waals surface area (Å²) in [7, 11) is -2.21. The van der Waals surface area contributed by atoms with Crippen molar-refractivity contribution >= 4 is 21.6 Å². The van der Waals surface area contributed by atoms with Crippen LogP contribution in [0.15, 0.2) is 47.4 Å². The van der Waals surface area contributed by atoms with E-state index in [0.29, 0.717) is 11.3 Å². The fourth-order valence-electron chi connectivity index (χ4n) is 2.36. The fourth-order valence-corrected chi connectivity index (χ4v) is 3.59. The van der Waals surface area contributed by atoms with Gasteiger partial charge in [-0.2, -0.15) is 0 Å². The number of carbonyl (C=O) groups excluding carboxylic acids is 1. The maximum Gasteiger partial charge on any atom is 0.255 e. The number of methoxy groups -OCH3 is 1. The van der Waals surface area contributed by atoms with Crippen molar-refractivity contribution in [3.8, 4) is 0 Å². The molecule has 0 saturated carbocycles. The predicted molar refractivity (Wildman–Crippen MR) is 97.2 cm³/mol. The molecule has 1 unspecified atom stereocenters. The topological polar surface area (TPSA) is 84.5 Å². The minimum absolute atomic E-state index is 0.0509. The van der Waals surface area contributed by atoms with Crippen LogP contribution in [-0.4, -0.2) is 34.1 Å². The molecule has 26 heavy (non-hydrogen) atoms. The van der Waals surface area contributed by atoms with Gasteiger partial charge in [0.15, 0.2) is 0 Å². The molecule has 0 bridgehead atoms. The standard InChI is InChI=1S/C18H21FN2O4S/c1-12-10-15(19)6-9-17(12)20-18(22)14-4-7-16(8-5-14)26(23,24)21-13(2)11-25-3/h4-10,13,21H,11H2,1-3H3,(H,20,22). The average molecular weight is 380 g/mol. The zero-order valence-electron chi connectivity index (χ0n) is 14.7. The molecule has 0 aromatic heterocycles. The summed E-state index contributed by atoms with van der Waals surface area (Å²) in [5.74, 6) is -0.797. The molecule has 2 aromatic carbocycles. The molecule has 1 amide bonds. The lowest BCUT2D eigenvalue weighted by Gasteiger charge is -2.13. The molecule has 6 nitrogen and oxygen atoms in total. The Kier molecular flexibility index (Phi) is 6.47. The van der Waals surface area contributed by atoms with Crippen molar-refractivity contribution in [2.24, 2.45) is 0 Å². The number of rotatable bonds is 7. The lowest BCUT2D eigenvalue weighted by Crippen LogP contribution is -2.35. The number of halogens is 1. The fraction of sp³-hybridized carbons (Fsp3) is 0.278. The van der Waals surface area contributed by atoms with Gasteiger partial charge in [-0.3, -0.25) is 4.79 Å². The molecule has 0 heterocycles. The summed E-state index contributed by atoms with van der Waals surface area (Å²) in [5.41, 5.74) is 1.37. The smallest absolute Gasteiger partial charge is 0.255 e. The van der Waals surface area contributed by atoms with Crippen molar-refractivity contribution in [2.45, 2.75) is 24.8 Å². The maximum absolute atomic E-state index is 13.1. The van der Waals surface area contributed by atoms with Crippen LogP contribution in [0, 0.1) is 12.7 Å². The molecule has 0 aliphatic heterocycles. The van der Waals surface area contributed by atoms with Crippen LogP contribution in [0.5, 0.6) is 0 Å². The quantitative estimate of drug-likeness (QED) is 0.774. The molecule has 0 aliphatic carbocycles. The van der Waals surface area contributed by atoms with E-state index in [1.807, 2.05) is 0 Å². The molecular formula is C18H21FN2O4S. The van der Waals surface area contributed by atoms with E-state index < -0.39 is 15.9 Å². The van der Waals surface area contributed by atoms with Crippen molar-refractivity contribution < 1.29 is 22.3 Å². The maximum atomic E-state index is 13.1. The minimum atomic E-state index is -3.70. The minimum Gasteiger partial charge on any atom is -0.383 e. The van der Waals surface area contributed by atoms with Crippen molar-refractivity contribution in [1.29, 1.82) is 0 Å². The first kappa shape index (κ1) is 20.0. The Balaban J connectivity index is 2.12. The van der Waals surface area contributed by atoms with Crippen LogP contribution in [-0.2, 0) is 14.8 Å². The highest BCUT2D eigenvalue weighted by molar-refractivity contribution is 7.89. The van der Waals surface area contributed by atoms with E-state index in [4.69, 9.17) is 4.74 Å². The lowest BCUT2D eigenvalue weighted by molar-refractivity contribution is 0.102. The number of anilines is 1. The van der Waals surface area contributed by atoms with E-state index in [0.717, 1.165) is 0 Å². The van der Waals surface area contributed by atoms with Crippen LogP contribution in [0.25, 0.3) is 0 Å². The molecule has 2 N–H and O–H groups in total. The van der Waals surface area contributed by atoms with Crippen LogP contribution in [0.4, 0.5) is 10.1 Å². The zero-order chi connectivity index (χ0) is 19.3. The molecule has 2 rings (SSSR count). The van der Waals surface area contributed by atoms with E-state index in [1.54, 1.807) is 13.8 Å². The van der Waals surface area contributed by atoms with Crippen molar-refractivity contribution in [1.82, 2.24) is 4.72 Å². The van der Waals surface area contributed by atoms with Gasteiger partial charge in [-0.1, -0.05) is 0 Å². The third-order valence-electron chi connectivity index (χ3n) is 3.64. The molecule has 0 fully saturated rings. The summed E-state index contributed by atoms with van der Waals surface area (Å²) in [5, 5.41) is 2.67. The Morgan fingerprint density at radius 1 is 1.19 bits per heavy atom. The van der Waals surface area contributed by atoms with Crippen LogP contribution in [0.3, 0.4) is 0 Å². The van der Waals surface area contributed by atoms with Crippen LogP contribution >= 0.6 is 0 Å². The number of amides is 1. The van der Waals surface area contributed by atoms with Gasteiger partial charge in [0, 0.05) is 24.4 Å². The Labute approximate surface area is 152 Å². The number of benzene rings is 2. The molecule has 2 aromatic rings. The van der Waals surface area contributed by atoms with Gasteiger partial charge in [-0.25, -0.2) is 17.5 Å². The number of carbonyl (C=O) groups is 1. The Morgan fingerprint density at radius 2 is 1.85 bits per heavy atom. The first-order valence-corrected chi connectivity index (χ1v) is 9.40. The van der Waals surface area contributed by atoms with E-state index in [1.165, 1.54) is 49.6 Å². The van der Waals surface area contributed by atoms with Crippen LogP contribution in [0.2, 0.25) is 0 Å². The van der Waals surface area contributed by atoms with Gasteiger partial charge in [0.1, 0.15) is 5.82 Å². The van der Waals surface area contributed by atoms with Gasteiger partial charge in [0.25, 0.3) is 5.91 Å². The number of nitrogens with one attached hydrogen (secondary N) is 2. The molecule has 1 atom stereocenters. The Morgan fingerprint density at radius 3 is 2.42 bits per heavy atom.